The Balaban J connectivity index is 1.84. The van der Waals surface area contributed by atoms with Crippen LogP contribution < -0.4 is 10.6 Å². The van der Waals surface area contributed by atoms with E-state index in [1.54, 1.807) is 0 Å². The summed E-state index contributed by atoms with van der Waals surface area (Å²) in [5.74, 6) is -2.87. The summed E-state index contributed by atoms with van der Waals surface area (Å²) in [4.78, 5) is 48.3. The van der Waals surface area contributed by atoms with Crippen molar-refractivity contribution in [1.82, 2.24) is 15.5 Å². The van der Waals surface area contributed by atoms with Crippen LogP contribution in [0.1, 0.15) is 18.9 Å². The van der Waals surface area contributed by atoms with Gasteiger partial charge in [0.1, 0.15) is 18.6 Å². The average molecular weight is 415 g/mol. The third-order valence-corrected chi connectivity index (χ3v) is 4.24. The lowest BCUT2D eigenvalue weighted by Gasteiger charge is -2.21. The number of hydrogen-bond donors (Lipinski definition) is 2. The van der Waals surface area contributed by atoms with Gasteiger partial charge in [0, 0.05) is 0 Å². The Hall–Kier alpha value is -3.11. The Morgan fingerprint density at radius 2 is 1.86 bits per heavy atom. The van der Waals surface area contributed by atoms with Crippen molar-refractivity contribution in [1.29, 1.82) is 0 Å². The zero-order valence-corrected chi connectivity index (χ0v) is 15.5. The van der Waals surface area contributed by atoms with Gasteiger partial charge in [0.15, 0.2) is 6.61 Å². The second-order valence-electron chi connectivity index (χ2n) is 6.69. The van der Waals surface area contributed by atoms with E-state index in [2.05, 4.69) is 10.1 Å². The van der Waals surface area contributed by atoms with E-state index in [0.29, 0.717) is 17.7 Å². The Kier molecular flexibility index (Phi) is 6.83. The number of aryl methyl sites for hydroxylation is 1. The molecule has 4 amide bonds. The first-order valence-corrected chi connectivity index (χ1v) is 8.67. The van der Waals surface area contributed by atoms with E-state index in [1.807, 2.05) is 30.3 Å². The van der Waals surface area contributed by atoms with Crippen LogP contribution in [0.3, 0.4) is 0 Å². The van der Waals surface area contributed by atoms with Gasteiger partial charge >= 0.3 is 18.2 Å². The molecule has 11 heteroatoms. The smallest absolute Gasteiger partial charge is 0.405 e. The van der Waals surface area contributed by atoms with E-state index in [-0.39, 0.29) is 0 Å². The van der Waals surface area contributed by atoms with Crippen molar-refractivity contribution >= 4 is 23.8 Å². The summed E-state index contributed by atoms with van der Waals surface area (Å²) in [5, 5.41) is 4.07. The van der Waals surface area contributed by atoms with Crippen LogP contribution >= 0.6 is 0 Å². The maximum absolute atomic E-state index is 12.6. The number of amides is 4. The monoisotopic (exact) mass is 415 g/mol. The van der Waals surface area contributed by atoms with Crippen LogP contribution in [0.25, 0.3) is 0 Å². The fourth-order valence-corrected chi connectivity index (χ4v) is 2.67. The SMILES string of the molecule is C[C@]1(CCc2ccccc2)NC(=O)N(CC(=O)OCC(=O)NCC(F)(F)F)C1=O. The molecule has 2 N–H and O–H groups in total. The summed E-state index contributed by atoms with van der Waals surface area (Å²) >= 11 is 0. The molecule has 158 valence electrons. The molecular formula is C18H20F3N3O5. The van der Waals surface area contributed by atoms with Crippen molar-refractivity contribution in [3.8, 4) is 0 Å². The molecular weight excluding hydrogens is 395 g/mol. The number of nitrogens with one attached hydrogen (secondary N) is 2. The molecule has 1 aliphatic rings. The number of benzene rings is 1. The molecule has 0 bridgehead atoms. The lowest BCUT2D eigenvalue weighted by molar-refractivity contribution is -0.153. The first-order chi connectivity index (χ1) is 13.5. The number of alkyl halides is 3. The van der Waals surface area contributed by atoms with E-state index in [0.717, 1.165) is 5.56 Å². The largest absolute Gasteiger partial charge is 0.454 e. The minimum atomic E-state index is -4.59. The molecule has 0 unspecified atom stereocenters. The van der Waals surface area contributed by atoms with Gasteiger partial charge < -0.3 is 15.4 Å². The summed E-state index contributed by atoms with van der Waals surface area (Å²) in [6.07, 6.45) is -3.78. The van der Waals surface area contributed by atoms with Crippen LogP contribution in [-0.4, -0.2) is 60.1 Å². The summed E-state index contributed by atoms with van der Waals surface area (Å²) in [6, 6.07) is 8.52. The molecule has 29 heavy (non-hydrogen) atoms. The predicted octanol–water partition coefficient (Wildman–Crippen LogP) is 1.15. The van der Waals surface area contributed by atoms with Crippen LogP contribution in [0.2, 0.25) is 0 Å². The van der Waals surface area contributed by atoms with E-state index in [9.17, 15) is 32.3 Å². The molecule has 1 atom stereocenters. The molecule has 0 spiro atoms. The third kappa shape index (κ3) is 6.47. The van der Waals surface area contributed by atoms with Crippen LogP contribution in [0.15, 0.2) is 30.3 Å². The Bertz CT molecular complexity index is 785. The Morgan fingerprint density at radius 3 is 2.48 bits per heavy atom. The van der Waals surface area contributed by atoms with Crippen molar-refractivity contribution < 1.29 is 37.1 Å². The number of imide groups is 1. The molecule has 0 aliphatic carbocycles. The van der Waals surface area contributed by atoms with Crippen LogP contribution in [-0.2, 0) is 25.5 Å². The molecule has 0 radical (unpaired) electrons. The number of carbonyl (C=O) groups is 4. The molecule has 2 rings (SSSR count). The summed E-state index contributed by atoms with van der Waals surface area (Å²) in [7, 11) is 0. The maximum atomic E-state index is 12.6. The average Bonchev–Trinajstić information content (AvgIpc) is 2.87. The van der Waals surface area contributed by atoms with Crippen LogP contribution in [0.4, 0.5) is 18.0 Å². The predicted molar refractivity (Wildman–Crippen MR) is 93.4 cm³/mol. The zero-order valence-electron chi connectivity index (χ0n) is 15.5. The normalized spacial score (nSPS) is 19.1. The highest BCUT2D eigenvalue weighted by Crippen LogP contribution is 2.23. The lowest BCUT2D eigenvalue weighted by Crippen LogP contribution is -2.45. The van der Waals surface area contributed by atoms with Gasteiger partial charge in [0.2, 0.25) is 0 Å². The summed E-state index contributed by atoms with van der Waals surface area (Å²) in [5.41, 5.74) is -0.240. The number of esters is 1. The quantitative estimate of drug-likeness (QED) is 0.490. The summed E-state index contributed by atoms with van der Waals surface area (Å²) < 4.78 is 40.5. The molecule has 8 nitrogen and oxygen atoms in total. The molecule has 1 aliphatic heterocycles. The van der Waals surface area contributed by atoms with Crippen LogP contribution in [0, 0.1) is 0 Å². The van der Waals surface area contributed by atoms with Gasteiger partial charge in [-0.1, -0.05) is 30.3 Å². The van der Waals surface area contributed by atoms with Gasteiger partial charge in [-0.15, -0.1) is 0 Å². The highest BCUT2D eigenvalue weighted by molar-refractivity contribution is 6.08. The van der Waals surface area contributed by atoms with Crippen molar-refractivity contribution in [3.05, 3.63) is 35.9 Å². The fraction of sp³-hybridized carbons (Fsp3) is 0.444. The minimum absolute atomic E-state index is 0.299. The lowest BCUT2D eigenvalue weighted by atomic mass is 9.93. The second-order valence-corrected chi connectivity index (χ2v) is 6.69. The Morgan fingerprint density at radius 1 is 1.21 bits per heavy atom. The van der Waals surface area contributed by atoms with Gasteiger partial charge in [-0.2, -0.15) is 13.2 Å². The van der Waals surface area contributed by atoms with Gasteiger partial charge in [-0.25, -0.2) is 4.79 Å². The van der Waals surface area contributed by atoms with E-state index >= 15 is 0 Å². The zero-order chi connectivity index (χ0) is 21.7. The molecule has 1 saturated heterocycles. The number of ether oxygens (including phenoxy) is 1. The minimum Gasteiger partial charge on any atom is -0.454 e. The topological polar surface area (TPSA) is 105 Å². The standard InChI is InChI=1S/C18H20F3N3O5/c1-17(8-7-12-5-3-2-4-6-12)15(27)24(16(28)23-17)9-14(26)29-10-13(25)22-11-18(19,20)21/h2-6H,7-11H2,1H3,(H,22,25)(H,23,28)/t17-/m1/s1. The number of carbonyl (C=O) groups excluding carboxylic acids is 4. The van der Waals surface area contributed by atoms with Gasteiger partial charge in [0.05, 0.1) is 0 Å². The van der Waals surface area contributed by atoms with Crippen molar-refractivity contribution in [2.24, 2.45) is 0 Å². The first-order valence-electron chi connectivity index (χ1n) is 8.67. The third-order valence-electron chi connectivity index (χ3n) is 4.24. The van der Waals surface area contributed by atoms with E-state index in [1.165, 1.54) is 12.2 Å². The number of rotatable bonds is 8. The highest BCUT2D eigenvalue weighted by atomic mass is 19.4. The molecule has 1 heterocycles. The molecule has 0 saturated carbocycles. The van der Waals surface area contributed by atoms with Gasteiger partial charge in [-0.05, 0) is 25.3 Å². The van der Waals surface area contributed by atoms with Gasteiger partial charge in [0.25, 0.3) is 11.8 Å². The molecule has 1 aromatic carbocycles. The Labute approximate surface area is 164 Å². The molecule has 1 fully saturated rings. The van der Waals surface area contributed by atoms with Crippen molar-refractivity contribution in [3.63, 3.8) is 0 Å². The first kappa shape index (κ1) is 22.2. The van der Waals surface area contributed by atoms with E-state index in [4.69, 9.17) is 0 Å². The van der Waals surface area contributed by atoms with Crippen LogP contribution in [0.5, 0.6) is 0 Å². The summed E-state index contributed by atoms with van der Waals surface area (Å²) in [6.45, 7) is -1.73. The number of nitrogens with zero attached hydrogens (tertiary/aromatic N) is 1. The number of urea groups is 1. The van der Waals surface area contributed by atoms with Crippen molar-refractivity contribution in [2.45, 2.75) is 31.5 Å². The maximum Gasteiger partial charge on any atom is 0.405 e. The van der Waals surface area contributed by atoms with Gasteiger partial charge in [-0.3, -0.25) is 19.3 Å². The fourth-order valence-electron chi connectivity index (χ4n) is 2.67. The number of halogens is 3. The van der Waals surface area contributed by atoms with Crippen molar-refractivity contribution in [2.75, 3.05) is 19.7 Å². The number of hydrogen-bond acceptors (Lipinski definition) is 5. The van der Waals surface area contributed by atoms with E-state index < -0.39 is 55.2 Å². The second kappa shape index (κ2) is 8.93. The highest BCUT2D eigenvalue weighted by Gasteiger charge is 2.48. The molecule has 0 aromatic heterocycles. The molecule has 1 aromatic rings.